The van der Waals surface area contributed by atoms with Crippen LogP contribution in [0.25, 0.3) is 27.6 Å². The van der Waals surface area contributed by atoms with Gasteiger partial charge in [0.05, 0.1) is 33.2 Å². The molecule has 0 saturated heterocycles. The van der Waals surface area contributed by atoms with Crippen molar-refractivity contribution in [2.45, 2.75) is 13.0 Å². The first kappa shape index (κ1) is 20.3. The highest BCUT2D eigenvalue weighted by Gasteiger charge is 2.21. The highest BCUT2D eigenvalue weighted by atomic mass is 16.6. The van der Waals surface area contributed by atoms with Crippen LogP contribution in [0, 0.1) is 10.1 Å². The lowest BCUT2D eigenvalue weighted by atomic mass is 10.1. The van der Waals surface area contributed by atoms with Crippen LogP contribution in [0.2, 0.25) is 0 Å². The number of nitro groups is 1. The third kappa shape index (κ3) is 3.35. The highest BCUT2D eigenvalue weighted by molar-refractivity contribution is 5.78. The van der Waals surface area contributed by atoms with Crippen molar-refractivity contribution in [1.29, 1.82) is 0 Å². The largest absolute Gasteiger partial charge is 0.337 e. The van der Waals surface area contributed by atoms with Gasteiger partial charge in [0.25, 0.3) is 11.2 Å². The van der Waals surface area contributed by atoms with Crippen LogP contribution in [0.1, 0.15) is 18.7 Å². The van der Waals surface area contributed by atoms with Gasteiger partial charge in [-0.15, -0.1) is 0 Å². The normalized spacial score (nSPS) is 12.2. The lowest BCUT2D eigenvalue weighted by Crippen LogP contribution is -2.42. The zero-order valence-electron chi connectivity index (χ0n) is 17.5. The molecule has 0 saturated carbocycles. The molecule has 0 N–H and O–H groups in total. The molecule has 2 aromatic carbocycles. The summed E-state index contributed by atoms with van der Waals surface area (Å²) in [7, 11) is 0. The molecule has 5 aromatic rings. The molecule has 0 aliphatic carbocycles. The summed E-state index contributed by atoms with van der Waals surface area (Å²) in [6.07, 6.45) is 1.49. The molecule has 0 amide bonds. The Labute approximate surface area is 186 Å². The summed E-state index contributed by atoms with van der Waals surface area (Å²) in [6, 6.07) is 19.4. The molecule has 1 atom stereocenters. The molecule has 9 heteroatoms. The van der Waals surface area contributed by atoms with Gasteiger partial charge in [0, 0.05) is 23.7 Å². The number of fused-ring (bicyclic) bond motifs is 2. The number of hydrogen-bond donors (Lipinski definition) is 0. The second kappa shape index (κ2) is 7.79. The number of nitro benzene ring substituents is 1. The Morgan fingerprint density at radius 1 is 0.939 bits per heavy atom. The van der Waals surface area contributed by atoms with Gasteiger partial charge in [0.15, 0.2) is 5.65 Å². The molecular weight excluding hydrogens is 422 g/mol. The predicted molar refractivity (Wildman–Crippen MR) is 124 cm³/mol. The van der Waals surface area contributed by atoms with Crippen LogP contribution in [0.3, 0.4) is 0 Å². The fourth-order valence-electron chi connectivity index (χ4n) is 3.90. The summed E-state index contributed by atoms with van der Waals surface area (Å²) in [5, 5.41) is 12.2. The van der Waals surface area contributed by atoms with Crippen molar-refractivity contribution < 1.29 is 4.92 Å². The second-order valence-electron chi connectivity index (χ2n) is 7.55. The lowest BCUT2D eigenvalue weighted by molar-refractivity contribution is -0.384. The number of aromatic nitrogens is 4. The third-order valence-corrected chi connectivity index (χ3v) is 5.60. The Morgan fingerprint density at radius 3 is 2.45 bits per heavy atom. The van der Waals surface area contributed by atoms with E-state index < -0.39 is 22.2 Å². The van der Waals surface area contributed by atoms with Crippen LogP contribution in [-0.4, -0.2) is 24.0 Å². The molecule has 1 unspecified atom stereocenters. The van der Waals surface area contributed by atoms with E-state index in [9.17, 15) is 19.7 Å². The maximum Gasteiger partial charge on any atom is 0.337 e. The van der Waals surface area contributed by atoms with Crippen LogP contribution in [0.4, 0.5) is 5.69 Å². The second-order valence-corrected chi connectivity index (χ2v) is 7.55. The minimum Gasteiger partial charge on any atom is -0.268 e. The van der Waals surface area contributed by atoms with Gasteiger partial charge >= 0.3 is 5.69 Å². The number of para-hydroxylation sites is 1. The van der Waals surface area contributed by atoms with Crippen LogP contribution < -0.4 is 11.2 Å². The van der Waals surface area contributed by atoms with Crippen LogP contribution in [0.15, 0.2) is 88.6 Å². The first-order valence-electron chi connectivity index (χ1n) is 10.2. The van der Waals surface area contributed by atoms with Gasteiger partial charge in [-0.1, -0.05) is 24.3 Å². The average Bonchev–Trinajstić information content (AvgIpc) is 2.84. The smallest absolute Gasteiger partial charge is 0.268 e. The first-order chi connectivity index (χ1) is 16.0. The Balaban J connectivity index is 1.76. The van der Waals surface area contributed by atoms with Crippen molar-refractivity contribution in [3.05, 3.63) is 116 Å². The van der Waals surface area contributed by atoms with Gasteiger partial charge in [0.2, 0.25) is 0 Å². The van der Waals surface area contributed by atoms with E-state index in [0.717, 1.165) is 15.5 Å². The molecule has 0 radical (unpaired) electrons. The van der Waals surface area contributed by atoms with E-state index in [-0.39, 0.29) is 16.7 Å². The van der Waals surface area contributed by atoms with Crippen molar-refractivity contribution in [1.82, 2.24) is 19.1 Å². The Morgan fingerprint density at radius 2 is 1.70 bits per heavy atom. The van der Waals surface area contributed by atoms with Gasteiger partial charge in [-0.25, -0.2) is 14.3 Å². The first-order valence-corrected chi connectivity index (χ1v) is 10.2. The van der Waals surface area contributed by atoms with Crippen molar-refractivity contribution in [3.63, 3.8) is 0 Å². The SMILES string of the molecule is CC(c1ccc2ccccc2n1)n1c(=O)c2cccnc2n(-c2ccc([N+](=O)[O-])cc2)c1=O. The fourth-order valence-corrected chi connectivity index (χ4v) is 3.90. The van der Waals surface area contributed by atoms with E-state index in [1.165, 1.54) is 35.0 Å². The summed E-state index contributed by atoms with van der Waals surface area (Å²) in [6.45, 7) is 1.74. The molecule has 3 heterocycles. The van der Waals surface area contributed by atoms with Crippen LogP contribution >= 0.6 is 0 Å². The number of benzene rings is 2. The van der Waals surface area contributed by atoms with Crippen molar-refractivity contribution in [3.8, 4) is 5.69 Å². The van der Waals surface area contributed by atoms with E-state index in [2.05, 4.69) is 9.97 Å². The van der Waals surface area contributed by atoms with Crippen molar-refractivity contribution in [2.75, 3.05) is 0 Å². The van der Waals surface area contributed by atoms with E-state index in [0.29, 0.717) is 11.4 Å². The van der Waals surface area contributed by atoms with Gasteiger partial charge in [-0.2, -0.15) is 0 Å². The maximum absolute atomic E-state index is 13.6. The lowest BCUT2D eigenvalue weighted by Gasteiger charge is -2.18. The number of nitrogens with zero attached hydrogens (tertiary/aromatic N) is 5. The summed E-state index contributed by atoms with van der Waals surface area (Å²) in [5.41, 5.74) is 0.662. The number of hydrogen-bond acceptors (Lipinski definition) is 6. The van der Waals surface area contributed by atoms with Crippen LogP contribution in [0.5, 0.6) is 0 Å². The van der Waals surface area contributed by atoms with Gasteiger partial charge in [-0.3, -0.25) is 24.5 Å². The van der Waals surface area contributed by atoms with E-state index >= 15 is 0 Å². The molecular formula is C24H17N5O4. The van der Waals surface area contributed by atoms with Gasteiger partial charge < -0.3 is 0 Å². The molecule has 0 fully saturated rings. The van der Waals surface area contributed by atoms with E-state index in [1.54, 1.807) is 25.1 Å². The van der Waals surface area contributed by atoms with Gasteiger partial charge in [0.1, 0.15) is 0 Å². The quantitative estimate of drug-likeness (QED) is 0.312. The number of pyridine rings is 2. The number of non-ortho nitro benzene ring substituents is 1. The summed E-state index contributed by atoms with van der Waals surface area (Å²) >= 11 is 0. The third-order valence-electron chi connectivity index (χ3n) is 5.60. The number of rotatable bonds is 4. The average molecular weight is 439 g/mol. The standard InChI is InChI=1S/C24H17N5O4/c1-15(20-13-8-16-5-2-3-7-21(16)26-20)27-23(30)19-6-4-14-25-22(19)28(24(27)31)17-9-11-18(12-10-17)29(32)33/h2-15H,1H3. The minimum absolute atomic E-state index is 0.105. The molecule has 0 spiro atoms. The molecule has 0 bridgehead atoms. The zero-order chi connectivity index (χ0) is 23.1. The molecule has 3 aromatic heterocycles. The zero-order valence-corrected chi connectivity index (χ0v) is 17.5. The maximum atomic E-state index is 13.6. The summed E-state index contributed by atoms with van der Waals surface area (Å²) in [5.74, 6) is 0. The minimum atomic E-state index is -0.663. The summed E-state index contributed by atoms with van der Waals surface area (Å²) in [4.78, 5) is 46.4. The Hall–Kier alpha value is -4.66. The highest BCUT2D eigenvalue weighted by Crippen LogP contribution is 2.20. The predicted octanol–water partition coefficient (Wildman–Crippen LogP) is 3.61. The van der Waals surface area contributed by atoms with Crippen molar-refractivity contribution in [2.24, 2.45) is 0 Å². The summed E-state index contributed by atoms with van der Waals surface area (Å²) < 4.78 is 2.43. The van der Waals surface area contributed by atoms with Crippen molar-refractivity contribution >= 4 is 27.6 Å². The Bertz CT molecular complexity index is 1650. The van der Waals surface area contributed by atoms with E-state index in [1.807, 2.05) is 30.3 Å². The van der Waals surface area contributed by atoms with E-state index in [4.69, 9.17) is 0 Å². The topological polar surface area (TPSA) is 113 Å². The molecule has 33 heavy (non-hydrogen) atoms. The molecule has 0 aliphatic rings. The molecule has 5 rings (SSSR count). The fraction of sp³-hybridized carbons (Fsp3) is 0.0833. The monoisotopic (exact) mass is 439 g/mol. The molecule has 162 valence electrons. The van der Waals surface area contributed by atoms with Gasteiger partial charge in [-0.05, 0) is 43.3 Å². The van der Waals surface area contributed by atoms with Crippen LogP contribution in [-0.2, 0) is 0 Å². The Kier molecular flexibility index (Phi) is 4.78. The molecule has 9 nitrogen and oxygen atoms in total. The molecule has 0 aliphatic heterocycles.